The Kier molecular flexibility index (Phi) is 4.21. The third-order valence-corrected chi connectivity index (χ3v) is 4.27. The van der Waals surface area contributed by atoms with Gasteiger partial charge in [-0.15, -0.1) is 0 Å². The van der Waals surface area contributed by atoms with Crippen molar-refractivity contribution in [3.05, 3.63) is 22.4 Å². The van der Waals surface area contributed by atoms with Crippen molar-refractivity contribution >= 4 is 11.3 Å². The summed E-state index contributed by atoms with van der Waals surface area (Å²) in [5, 5.41) is 8.10. The number of nitrogens with one attached hydrogen (secondary N) is 1. The molecule has 0 radical (unpaired) electrons. The average molecular weight is 223 g/mol. The summed E-state index contributed by atoms with van der Waals surface area (Å²) in [5.41, 5.74) is 1.44. The van der Waals surface area contributed by atoms with Crippen LogP contribution in [0.1, 0.15) is 44.6 Å². The van der Waals surface area contributed by atoms with E-state index in [2.05, 4.69) is 29.1 Å². The van der Waals surface area contributed by atoms with Crippen LogP contribution in [0.25, 0.3) is 0 Å². The summed E-state index contributed by atoms with van der Waals surface area (Å²) < 4.78 is 0. The Bertz CT molecular complexity index is 268. The monoisotopic (exact) mass is 223 g/mol. The molecule has 0 amide bonds. The molecular formula is C13H21NS. The van der Waals surface area contributed by atoms with Gasteiger partial charge in [0.05, 0.1) is 0 Å². The van der Waals surface area contributed by atoms with E-state index in [1.54, 1.807) is 11.3 Å². The quantitative estimate of drug-likeness (QED) is 0.818. The van der Waals surface area contributed by atoms with Crippen molar-refractivity contribution in [2.45, 2.75) is 51.6 Å². The lowest BCUT2D eigenvalue weighted by molar-refractivity contribution is 0.278. The molecule has 1 saturated carbocycles. The third-order valence-electron chi connectivity index (χ3n) is 3.54. The van der Waals surface area contributed by atoms with Gasteiger partial charge < -0.3 is 5.32 Å². The Hall–Kier alpha value is -0.340. The molecule has 1 aromatic rings. The third kappa shape index (κ3) is 3.32. The summed E-state index contributed by atoms with van der Waals surface area (Å²) >= 11 is 1.79. The van der Waals surface area contributed by atoms with Gasteiger partial charge in [0.2, 0.25) is 0 Å². The zero-order valence-corrected chi connectivity index (χ0v) is 10.4. The van der Waals surface area contributed by atoms with Gasteiger partial charge in [0.25, 0.3) is 0 Å². The van der Waals surface area contributed by atoms with Gasteiger partial charge in [-0.25, -0.2) is 0 Å². The molecule has 1 heterocycles. The fourth-order valence-corrected chi connectivity index (χ4v) is 3.17. The summed E-state index contributed by atoms with van der Waals surface area (Å²) in [6.07, 6.45) is 6.99. The molecule has 0 aliphatic heterocycles. The van der Waals surface area contributed by atoms with Crippen LogP contribution in [-0.2, 0) is 6.54 Å². The smallest absolute Gasteiger partial charge is 0.0216 e. The standard InChI is InChI=1S/C13H21NS/c1-2-11-4-3-5-13(8-11)14-9-12-6-7-15-10-12/h6-7,10-11,13-14H,2-5,8-9H2,1H3. The first kappa shape index (κ1) is 11.2. The van der Waals surface area contributed by atoms with Gasteiger partial charge in [-0.1, -0.05) is 26.2 Å². The Morgan fingerprint density at radius 3 is 3.13 bits per heavy atom. The van der Waals surface area contributed by atoms with E-state index in [9.17, 15) is 0 Å². The van der Waals surface area contributed by atoms with Gasteiger partial charge in [0, 0.05) is 12.6 Å². The van der Waals surface area contributed by atoms with Crippen LogP contribution in [0.3, 0.4) is 0 Å². The second-order valence-corrected chi connectivity index (χ2v) is 5.43. The first-order valence-corrected chi connectivity index (χ1v) is 7.07. The molecule has 84 valence electrons. The molecule has 1 N–H and O–H groups in total. The predicted octanol–water partition coefficient (Wildman–Crippen LogP) is 3.81. The number of rotatable bonds is 4. The molecule has 0 bridgehead atoms. The molecule has 2 rings (SSSR count). The van der Waals surface area contributed by atoms with E-state index in [0.717, 1.165) is 18.5 Å². The number of hydrogen-bond donors (Lipinski definition) is 1. The second kappa shape index (κ2) is 5.66. The van der Waals surface area contributed by atoms with Crippen molar-refractivity contribution in [1.82, 2.24) is 5.32 Å². The zero-order chi connectivity index (χ0) is 10.5. The molecular weight excluding hydrogens is 202 g/mol. The first-order chi connectivity index (χ1) is 7.38. The summed E-state index contributed by atoms with van der Waals surface area (Å²) in [5.74, 6) is 0.971. The molecule has 1 fully saturated rings. The van der Waals surface area contributed by atoms with Gasteiger partial charge in [0.1, 0.15) is 0 Å². The molecule has 2 atom stereocenters. The fraction of sp³-hybridized carbons (Fsp3) is 0.692. The van der Waals surface area contributed by atoms with Gasteiger partial charge >= 0.3 is 0 Å². The van der Waals surface area contributed by atoms with Crippen molar-refractivity contribution in [2.24, 2.45) is 5.92 Å². The maximum atomic E-state index is 3.69. The molecule has 1 nitrogen and oxygen atoms in total. The Morgan fingerprint density at radius 2 is 2.40 bits per heavy atom. The van der Waals surface area contributed by atoms with Crippen LogP contribution in [0, 0.1) is 5.92 Å². The van der Waals surface area contributed by atoms with Gasteiger partial charge in [0.15, 0.2) is 0 Å². The molecule has 0 spiro atoms. The van der Waals surface area contributed by atoms with E-state index in [1.165, 1.54) is 37.7 Å². The molecule has 1 aliphatic carbocycles. The van der Waals surface area contributed by atoms with Crippen LogP contribution in [0.2, 0.25) is 0 Å². The van der Waals surface area contributed by atoms with Crippen molar-refractivity contribution in [1.29, 1.82) is 0 Å². The molecule has 1 aromatic heterocycles. The minimum absolute atomic E-state index is 0.767. The van der Waals surface area contributed by atoms with Crippen LogP contribution in [0.4, 0.5) is 0 Å². The summed E-state index contributed by atoms with van der Waals surface area (Å²) in [6.45, 7) is 3.39. The van der Waals surface area contributed by atoms with Crippen LogP contribution in [-0.4, -0.2) is 6.04 Å². The summed E-state index contributed by atoms with van der Waals surface area (Å²) in [7, 11) is 0. The van der Waals surface area contributed by atoms with Crippen molar-refractivity contribution in [2.75, 3.05) is 0 Å². The van der Waals surface area contributed by atoms with Crippen LogP contribution >= 0.6 is 11.3 Å². The van der Waals surface area contributed by atoms with E-state index in [1.807, 2.05) is 0 Å². The molecule has 0 aromatic carbocycles. The zero-order valence-electron chi connectivity index (χ0n) is 9.54. The average Bonchev–Trinajstić information content (AvgIpc) is 2.79. The minimum Gasteiger partial charge on any atom is -0.310 e. The van der Waals surface area contributed by atoms with E-state index in [0.29, 0.717) is 0 Å². The molecule has 2 heteroatoms. The van der Waals surface area contributed by atoms with Crippen LogP contribution in [0.5, 0.6) is 0 Å². The van der Waals surface area contributed by atoms with E-state index < -0.39 is 0 Å². The van der Waals surface area contributed by atoms with Gasteiger partial charge in [-0.05, 0) is 41.1 Å². The van der Waals surface area contributed by atoms with Crippen LogP contribution in [0.15, 0.2) is 16.8 Å². The van der Waals surface area contributed by atoms with Crippen LogP contribution < -0.4 is 5.32 Å². The van der Waals surface area contributed by atoms with E-state index in [4.69, 9.17) is 0 Å². The maximum absolute atomic E-state index is 3.69. The SMILES string of the molecule is CCC1CCCC(NCc2ccsc2)C1. The van der Waals surface area contributed by atoms with Gasteiger partial charge in [-0.3, -0.25) is 0 Å². The highest BCUT2D eigenvalue weighted by molar-refractivity contribution is 7.07. The summed E-state index contributed by atoms with van der Waals surface area (Å²) in [4.78, 5) is 0. The maximum Gasteiger partial charge on any atom is 0.0216 e. The van der Waals surface area contributed by atoms with E-state index in [-0.39, 0.29) is 0 Å². The normalized spacial score (nSPS) is 26.7. The highest BCUT2D eigenvalue weighted by Crippen LogP contribution is 2.26. The highest BCUT2D eigenvalue weighted by atomic mass is 32.1. The number of thiophene rings is 1. The Labute approximate surface area is 96.9 Å². The second-order valence-electron chi connectivity index (χ2n) is 4.65. The number of hydrogen-bond acceptors (Lipinski definition) is 2. The van der Waals surface area contributed by atoms with Crippen molar-refractivity contribution < 1.29 is 0 Å². The van der Waals surface area contributed by atoms with Crippen molar-refractivity contribution in [3.8, 4) is 0 Å². The summed E-state index contributed by atoms with van der Waals surface area (Å²) in [6, 6.07) is 2.99. The fourth-order valence-electron chi connectivity index (χ4n) is 2.50. The Balaban J connectivity index is 1.74. The predicted molar refractivity (Wildman–Crippen MR) is 67.2 cm³/mol. The lowest BCUT2D eigenvalue weighted by Gasteiger charge is -2.29. The minimum atomic E-state index is 0.767. The molecule has 2 unspecified atom stereocenters. The highest BCUT2D eigenvalue weighted by Gasteiger charge is 2.19. The molecule has 1 aliphatic rings. The topological polar surface area (TPSA) is 12.0 Å². The van der Waals surface area contributed by atoms with Gasteiger partial charge in [-0.2, -0.15) is 11.3 Å². The Morgan fingerprint density at radius 1 is 1.47 bits per heavy atom. The van der Waals surface area contributed by atoms with E-state index >= 15 is 0 Å². The molecule has 0 saturated heterocycles. The first-order valence-electron chi connectivity index (χ1n) is 6.13. The van der Waals surface area contributed by atoms with Crippen molar-refractivity contribution in [3.63, 3.8) is 0 Å². The molecule has 15 heavy (non-hydrogen) atoms. The lowest BCUT2D eigenvalue weighted by Crippen LogP contribution is -2.33. The lowest BCUT2D eigenvalue weighted by atomic mass is 9.84. The largest absolute Gasteiger partial charge is 0.310 e.